The second kappa shape index (κ2) is 9.18. The summed E-state index contributed by atoms with van der Waals surface area (Å²) < 4.78 is 0. The Morgan fingerprint density at radius 3 is 2.58 bits per heavy atom. The van der Waals surface area contributed by atoms with Gasteiger partial charge >= 0.3 is 0 Å². The van der Waals surface area contributed by atoms with Crippen LogP contribution in [0.25, 0.3) is 0 Å². The molecule has 1 rings (SSSR count). The van der Waals surface area contributed by atoms with Gasteiger partial charge in [-0.05, 0) is 37.6 Å². The molecule has 1 saturated heterocycles. The van der Waals surface area contributed by atoms with Gasteiger partial charge in [0.05, 0.1) is 0 Å². The number of rotatable bonds is 7. The molecule has 0 radical (unpaired) electrons. The highest BCUT2D eigenvalue weighted by molar-refractivity contribution is 5.77. The number of nitrogens with one attached hydrogen (secondary N) is 1. The Morgan fingerprint density at radius 1 is 1.26 bits per heavy atom. The van der Waals surface area contributed by atoms with Crippen LogP contribution in [0.3, 0.4) is 0 Å². The maximum atomic E-state index is 5.80. The zero-order valence-electron chi connectivity index (χ0n) is 13.0. The summed E-state index contributed by atoms with van der Waals surface area (Å²) in [7, 11) is 0. The summed E-state index contributed by atoms with van der Waals surface area (Å²) in [5.41, 5.74) is 5.80. The van der Waals surface area contributed by atoms with E-state index in [1.165, 1.54) is 25.9 Å². The van der Waals surface area contributed by atoms with Crippen molar-refractivity contribution in [3.8, 4) is 0 Å². The molecule has 2 atom stereocenters. The number of nitrogens with two attached hydrogens (primary N) is 1. The fourth-order valence-electron chi connectivity index (χ4n) is 2.92. The first-order valence-corrected chi connectivity index (χ1v) is 7.88. The molecule has 1 fully saturated rings. The second-order valence-corrected chi connectivity index (χ2v) is 6.11. The van der Waals surface area contributed by atoms with E-state index >= 15 is 0 Å². The Hall–Kier alpha value is -0.770. The van der Waals surface area contributed by atoms with E-state index in [1.54, 1.807) is 0 Å². The third-order valence-corrected chi connectivity index (χ3v) is 3.70. The predicted octanol–water partition coefficient (Wildman–Crippen LogP) is 2.06. The lowest BCUT2D eigenvalue weighted by Gasteiger charge is -2.34. The number of hydrogen-bond donors (Lipinski definition) is 2. The van der Waals surface area contributed by atoms with Crippen LogP contribution in [0.2, 0.25) is 0 Å². The minimum absolute atomic E-state index is 0.605. The molecular weight excluding hydrogens is 236 g/mol. The molecule has 112 valence electrons. The predicted molar refractivity (Wildman–Crippen MR) is 83.4 cm³/mol. The van der Waals surface area contributed by atoms with E-state index < -0.39 is 0 Å². The van der Waals surface area contributed by atoms with Crippen LogP contribution in [0.4, 0.5) is 0 Å². The van der Waals surface area contributed by atoms with Crippen LogP contribution in [-0.2, 0) is 0 Å². The van der Waals surface area contributed by atoms with Gasteiger partial charge in [-0.15, -0.1) is 0 Å². The molecule has 0 aromatic heterocycles. The third kappa shape index (κ3) is 7.41. The topological polar surface area (TPSA) is 53.6 Å². The van der Waals surface area contributed by atoms with Gasteiger partial charge < -0.3 is 16.0 Å². The normalized spacial score (nSPS) is 25.5. The lowest BCUT2D eigenvalue weighted by molar-refractivity contribution is 0.140. The van der Waals surface area contributed by atoms with E-state index in [2.05, 4.69) is 36.0 Å². The highest BCUT2D eigenvalue weighted by atomic mass is 15.1. The minimum atomic E-state index is 0.605. The van der Waals surface area contributed by atoms with Crippen LogP contribution < -0.4 is 11.1 Å². The van der Waals surface area contributed by atoms with Crippen LogP contribution >= 0.6 is 0 Å². The van der Waals surface area contributed by atoms with Gasteiger partial charge in [-0.3, -0.25) is 4.99 Å². The van der Waals surface area contributed by atoms with Crippen molar-refractivity contribution in [2.75, 3.05) is 32.7 Å². The van der Waals surface area contributed by atoms with Crippen LogP contribution in [-0.4, -0.2) is 43.6 Å². The SMILES string of the molecule is CCCCNC(N)=NCCCN1CC(C)CC(C)C1. The molecule has 19 heavy (non-hydrogen) atoms. The van der Waals surface area contributed by atoms with Crippen molar-refractivity contribution in [3.63, 3.8) is 0 Å². The summed E-state index contributed by atoms with van der Waals surface area (Å²) in [4.78, 5) is 6.95. The first-order valence-electron chi connectivity index (χ1n) is 7.88. The number of hydrogen-bond acceptors (Lipinski definition) is 2. The van der Waals surface area contributed by atoms with E-state index in [-0.39, 0.29) is 0 Å². The second-order valence-electron chi connectivity index (χ2n) is 6.11. The zero-order chi connectivity index (χ0) is 14.1. The number of piperidine rings is 1. The quantitative estimate of drug-likeness (QED) is 0.422. The summed E-state index contributed by atoms with van der Waals surface area (Å²) in [5.74, 6) is 2.29. The Balaban J connectivity index is 2.10. The van der Waals surface area contributed by atoms with Gasteiger partial charge in [0.15, 0.2) is 5.96 Å². The highest BCUT2D eigenvalue weighted by Gasteiger charge is 2.20. The number of unbranched alkanes of at least 4 members (excludes halogenated alkanes) is 1. The largest absolute Gasteiger partial charge is 0.370 e. The zero-order valence-corrected chi connectivity index (χ0v) is 13.0. The van der Waals surface area contributed by atoms with E-state index in [9.17, 15) is 0 Å². The van der Waals surface area contributed by atoms with Gasteiger partial charge in [0, 0.05) is 26.2 Å². The summed E-state index contributed by atoms with van der Waals surface area (Å²) in [6.45, 7) is 12.3. The fraction of sp³-hybridized carbons (Fsp3) is 0.933. The molecule has 1 aliphatic heterocycles. The first-order chi connectivity index (χ1) is 9.11. The monoisotopic (exact) mass is 268 g/mol. The van der Waals surface area contributed by atoms with Crippen LogP contribution in [0.1, 0.15) is 46.5 Å². The molecule has 0 saturated carbocycles. The summed E-state index contributed by atoms with van der Waals surface area (Å²) in [6.07, 6.45) is 4.82. The smallest absolute Gasteiger partial charge is 0.188 e. The number of guanidine groups is 1. The van der Waals surface area contributed by atoms with Gasteiger partial charge in [0.1, 0.15) is 0 Å². The number of aliphatic imine (C=N–C) groups is 1. The molecule has 4 nitrogen and oxygen atoms in total. The molecule has 0 aliphatic carbocycles. The lowest BCUT2D eigenvalue weighted by atomic mass is 9.92. The maximum absolute atomic E-state index is 5.80. The molecule has 0 spiro atoms. The van der Waals surface area contributed by atoms with E-state index in [0.717, 1.165) is 44.3 Å². The molecule has 0 aromatic rings. The Bertz CT molecular complexity index is 255. The number of likely N-dealkylation sites (tertiary alicyclic amines) is 1. The fourth-order valence-corrected chi connectivity index (χ4v) is 2.92. The molecule has 1 aliphatic rings. The van der Waals surface area contributed by atoms with E-state index in [1.807, 2.05) is 0 Å². The Kier molecular flexibility index (Phi) is 7.87. The van der Waals surface area contributed by atoms with Crippen molar-refractivity contribution in [2.24, 2.45) is 22.6 Å². The summed E-state index contributed by atoms with van der Waals surface area (Å²) in [5, 5.41) is 3.15. The highest BCUT2D eigenvalue weighted by Crippen LogP contribution is 2.20. The van der Waals surface area contributed by atoms with Crippen molar-refractivity contribution >= 4 is 5.96 Å². The average molecular weight is 268 g/mol. The maximum Gasteiger partial charge on any atom is 0.188 e. The van der Waals surface area contributed by atoms with Gasteiger partial charge in [-0.1, -0.05) is 27.2 Å². The number of nitrogens with zero attached hydrogens (tertiary/aromatic N) is 2. The molecule has 3 N–H and O–H groups in total. The van der Waals surface area contributed by atoms with E-state index in [4.69, 9.17) is 5.73 Å². The average Bonchev–Trinajstić information content (AvgIpc) is 2.34. The molecule has 0 aromatic carbocycles. The van der Waals surface area contributed by atoms with Crippen LogP contribution in [0.5, 0.6) is 0 Å². The molecule has 2 unspecified atom stereocenters. The molecular formula is C15H32N4. The van der Waals surface area contributed by atoms with Crippen molar-refractivity contribution in [1.82, 2.24) is 10.2 Å². The summed E-state index contributed by atoms with van der Waals surface area (Å²) >= 11 is 0. The minimum Gasteiger partial charge on any atom is -0.370 e. The van der Waals surface area contributed by atoms with Gasteiger partial charge in [-0.25, -0.2) is 0 Å². The Morgan fingerprint density at radius 2 is 1.95 bits per heavy atom. The molecule has 0 amide bonds. The van der Waals surface area contributed by atoms with Crippen LogP contribution in [0.15, 0.2) is 4.99 Å². The lowest BCUT2D eigenvalue weighted by Crippen LogP contribution is -2.39. The third-order valence-electron chi connectivity index (χ3n) is 3.70. The van der Waals surface area contributed by atoms with Crippen molar-refractivity contribution < 1.29 is 0 Å². The molecule has 1 heterocycles. The van der Waals surface area contributed by atoms with Gasteiger partial charge in [0.25, 0.3) is 0 Å². The van der Waals surface area contributed by atoms with Gasteiger partial charge in [0.2, 0.25) is 0 Å². The molecule has 4 heteroatoms. The Labute approximate surface area is 118 Å². The molecule has 0 bridgehead atoms. The first kappa shape index (κ1) is 16.3. The summed E-state index contributed by atoms with van der Waals surface area (Å²) in [6, 6.07) is 0. The van der Waals surface area contributed by atoms with Crippen molar-refractivity contribution in [2.45, 2.75) is 46.5 Å². The van der Waals surface area contributed by atoms with Gasteiger partial charge in [-0.2, -0.15) is 0 Å². The standard InChI is InChI=1S/C15H32N4/c1-4-5-7-17-15(16)18-8-6-9-19-11-13(2)10-14(3)12-19/h13-14H,4-12H2,1-3H3,(H3,16,17,18). The van der Waals surface area contributed by atoms with Crippen LogP contribution in [0, 0.1) is 11.8 Å². The van der Waals surface area contributed by atoms with Crippen molar-refractivity contribution in [1.29, 1.82) is 0 Å². The van der Waals surface area contributed by atoms with Crippen molar-refractivity contribution in [3.05, 3.63) is 0 Å². The van der Waals surface area contributed by atoms with E-state index in [0.29, 0.717) is 5.96 Å².